The molecule has 7 heteroatoms. The predicted molar refractivity (Wildman–Crippen MR) is 100 cm³/mol. The van der Waals surface area contributed by atoms with E-state index in [1.807, 2.05) is 0 Å². The predicted octanol–water partition coefficient (Wildman–Crippen LogP) is 2.93. The highest BCUT2D eigenvalue weighted by atomic mass is 16.5. The summed E-state index contributed by atoms with van der Waals surface area (Å²) < 4.78 is 16.3. The first-order valence-electron chi connectivity index (χ1n) is 9.29. The number of rotatable bonds is 9. The van der Waals surface area contributed by atoms with Crippen LogP contribution in [0.1, 0.15) is 50.6 Å². The molecule has 1 fully saturated rings. The van der Waals surface area contributed by atoms with Gasteiger partial charge in [-0.3, -0.25) is 9.59 Å². The second-order valence-electron chi connectivity index (χ2n) is 6.94. The van der Waals surface area contributed by atoms with Gasteiger partial charge in [0.1, 0.15) is 18.1 Å². The molecule has 3 atom stereocenters. The van der Waals surface area contributed by atoms with Crippen LogP contribution in [-0.4, -0.2) is 43.9 Å². The van der Waals surface area contributed by atoms with E-state index in [4.69, 9.17) is 14.2 Å². The molecule has 1 aromatic rings. The van der Waals surface area contributed by atoms with Gasteiger partial charge in [-0.05, 0) is 30.9 Å². The van der Waals surface area contributed by atoms with E-state index in [2.05, 4.69) is 12.2 Å². The van der Waals surface area contributed by atoms with E-state index in [0.717, 1.165) is 19.3 Å². The number of benzene rings is 1. The van der Waals surface area contributed by atoms with Gasteiger partial charge in [-0.25, -0.2) is 0 Å². The van der Waals surface area contributed by atoms with Gasteiger partial charge in [0.15, 0.2) is 0 Å². The molecule has 27 heavy (non-hydrogen) atoms. The molecule has 0 heterocycles. The molecule has 7 nitrogen and oxygen atoms in total. The number of hydrogen-bond acceptors (Lipinski definition) is 5. The second-order valence-corrected chi connectivity index (χ2v) is 6.94. The molecule has 1 saturated carbocycles. The number of ether oxygens (including phenoxy) is 3. The number of amides is 1. The SMILES string of the molecule is COc1ccc(C(CC(=O)O)NC(=O)COC2CCCCC2C)c(OC)c1. The van der Waals surface area contributed by atoms with Crippen LogP contribution < -0.4 is 14.8 Å². The highest BCUT2D eigenvalue weighted by Gasteiger charge is 2.25. The maximum atomic E-state index is 12.4. The quantitative estimate of drug-likeness (QED) is 0.685. The lowest BCUT2D eigenvalue weighted by atomic mass is 9.88. The van der Waals surface area contributed by atoms with Crippen molar-refractivity contribution in [1.29, 1.82) is 0 Å². The maximum absolute atomic E-state index is 12.4. The first-order chi connectivity index (χ1) is 12.9. The monoisotopic (exact) mass is 379 g/mol. The van der Waals surface area contributed by atoms with Crippen molar-refractivity contribution >= 4 is 11.9 Å². The fraction of sp³-hybridized carbons (Fsp3) is 0.600. The molecule has 0 aliphatic heterocycles. The number of methoxy groups -OCH3 is 2. The van der Waals surface area contributed by atoms with Crippen molar-refractivity contribution in [3.05, 3.63) is 23.8 Å². The summed E-state index contributed by atoms with van der Waals surface area (Å²) in [7, 11) is 3.03. The third-order valence-electron chi connectivity index (χ3n) is 4.99. The highest BCUT2D eigenvalue weighted by molar-refractivity contribution is 5.79. The van der Waals surface area contributed by atoms with Crippen molar-refractivity contribution in [1.82, 2.24) is 5.32 Å². The Hall–Kier alpha value is -2.28. The van der Waals surface area contributed by atoms with E-state index in [-0.39, 0.29) is 25.0 Å². The van der Waals surface area contributed by atoms with Crippen LogP contribution in [0.15, 0.2) is 18.2 Å². The van der Waals surface area contributed by atoms with E-state index in [1.54, 1.807) is 18.2 Å². The van der Waals surface area contributed by atoms with Crippen molar-refractivity contribution < 1.29 is 28.9 Å². The van der Waals surface area contributed by atoms with Gasteiger partial charge in [0.25, 0.3) is 0 Å². The zero-order valence-corrected chi connectivity index (χ0v) is 16.2. The van der Waals surface area contributed by atoms with Gasteiger partial charge in [0.05, 0.1) is 32.8 Å². The zero-order valence-electron chi connectivity index (χ0n) is 16.2. The van der Waals surface area contributed by atoms with Crippen LogP contribution in [0.5, 0.6) is 11.5 Å². The van der Waals surface area contributed by atoms with Crippen LogP contribution in [0.2, 0.25) is 0 Å². The molecule has 0 spiro atoms. The summed E-state index contributed by atoms with van der Waals surface area (Å²) in [6.45, 7) is 2.06. The zero-order chi connectivity index (χ0) is 19.8. The van der Waals surface area contributed by atoms with E-state index in [1.165, 1.54) is 20.6 Å². The molecule has 0 saturated heterocycles. The first-order valence-corrected chi connectivity index (χ1v) is 9.29. The van der Waals surface area contributed by atoms with Crippen LogP contribution >= 0.6 is 0 Å². The smallest absolute Gasteiger partial charge is 0.305 e. The lowest BCUT2D eigenvalue weighted by Gasteiger charge is -2.28. The molecule has 0 bridgehead atoms. The Morgan fingerprint density at radius 1 is 1.22 bits per heavy atom. The fourth-order valence-electron chi connectivity index (χ4n) is 3.47. The Morgan fingerprint density at radius 2 is 1.96 bits per heavy atom. The second kappa shape index (κ2) is 10.2. The van der Waals surface area contributed by atoms with Gasteiger partial charge in [-0.15, -0.1) is 0 Å². The average Bonchev–Trinajstić information content (AvgIpc) is 2.66. The van der Waals surface area contributed by atoms with Crippen LogP contribution in [0, 0.1) is 5.92 Å². The van der Waals surface area contributed by atoms with Crippen molar-refractivity contribution in [2.45, 2.75) is 51.2 Å². The van der Waals surface area contributed by atoms with Crippen molar-refractivity contribution in [3.8, 4) is 11.5 Å². The van der Waals surface area contributed by atoms with Gasteiger partial charge < -0.3 is 24.6 Å². The first kappa shape index (κ1) is 21.0. The molecule has 1 aliphatic carbocycles. The third-order valence-corrected chi connectivity index (χ3v) is 4.99. The highest BCUT2D eigenvalue weighted by Crippen LogP contribution is 2.31. The molecular formula is C20H29NO6. The summed E-state index contributed by atoms with van der Waals surface area (Å²) in [6, 6.07) is 4.36. The van der Waals surface area contributed by atoms with E-state index in [9.17, 15) is 14.7 Å². The number of hydrogen-bond donors (Lipinski definition) is 2. The number of nitrogens with one attached hydrogen (secondary N) is 1. The summed E-state index contributed by atoms with van der Waals surface area (Å²) >= 11 is 0. The number of aliphatic carboxylic acids is 1. The Morgan fingerprint density at radius 3 is 2.59 bits per heavy atom. The van der Waals surface area contributed by atoms with Gasteiger partial charge in [0.2, 0.25) is 5.91 Å². The Labute approximate surface area is 160 Å². The molecular weight excluding hydrogens is 350 g/mol. The number of carboxylic acid groups (broad SMARTS) is 1. The molecule has 2 rings (SSSR count). The maximum Gasteiger partial charge on any atom is 0.305 e. The summed E-state index contributed by atoms with van der Waals surface area (Å²) in [5.41, 5.74) is 0.583. The van der Waals surface area contributed by atoms with Gasteiger partial charge in [-0.2, -0.15) is 0 Å². The van der Waals surface area contributed by atoms with Gasteiger partial charge in [-0.1, -0.05) is 19.8 Å². The molecule has 2 N–H and O–H groups in total. The molecule has 0 radical (unpaired) electrons. The lowest BCUT2D eigenvalue weighted by Crippen LogP contribution is -2.36. The van der Waals surface area contributed by atoms with Crippen LogP contribution in [-0.2, 0) is 14.3 Å². The molecule has 1 amide bonds. The topological polar surface area (TPSA) is 94.1 Å². The molecule has 1 aliphatic rings. The summed E-state index contributed by atoms with van der Waals surface area (Å²) in [6.07, 6.45) is 4.20. The fourth-order valence-corrected chi connectivity index (χ4v) is 3.47. The summed E-state index contributed by atoms with van der Waals surface area (Å²) in [4.78, 5) is 23.7. The van der Waals surface area contributed by atoms with Crippen LogP contribution in [0.4, 0.5) is 0 Å². The summed E-state index contributed by atoms with van der Waals surface area (Å²) in [5, 5.41) is 12.0. The number of carbonyl (C=O) groups excluding carboxylic acids is 1. The summed E-state index contributed by atoms with van der Waals surface area (Å²) in [5.74, 6) is 0.133. The van der Waals surface area contributed by atoms with Gasteiger partial charge in [0, 0.05) is 11.6 Å². The lowest BCUT2D eigenvalue weighted by molar-refractivity contribution is -0.138. The van der Waals surface area contributed by atoms with Crippen LogP contribution in [0.3, 0.4) is 0 Å². The molecule has 150 valence electrons. The van der Waals surface area contributed by atoms with Crippen molar-refractivity contribution in [3.63, 3.8) is 0 Å². The van der Waals surface area contributed by atoms with E-state index >= 15 is 0 Å². The van der Waals surface area contributed by atoms with Crippen LogP contribution in [0.25, 0.3) is 0 Å². The van der Waals surface area contributed by atoms with E-state index in [0.29, 0.717) is 23.0 Å². The molecule has 0 aromatic heterocycles. The molecule has 1 aromatic carbocycles. The minimum absolute atomic E-state index is 0.0798. The van der Waals surface area contributed by atoms with E-state index < -0.39 is 12.0 Å². The van der Waals surface area contributed by atoms with Crippen molar-refractivity contribution in [2.75, 3.05) is 20.8 Å². The van der Waals surface area contributed by atoms with Crippen molar-refractivity contribution in [2.24, 2.45) is 5.92 Å². The molecule has 3 unspecified atom stereocenters. The normalized spacial score (nSPS) is 20.6. The number of carboxylic acids is 1. The minimum atomic E-state index is -1.01. The standard InChI is InChI=1S/C20H29NO6/c1-13-6-4-5-7-17(13)27-12-19(22)21-16(11-20(23)24)15-9-8-14(25-2)10-18(15)26-3/h8-10,13,16-17H,4-7,11-12H2,1-3H3,(H,21,22)(H,23,24). The average molecular weight is 379 g/mol. The Bertz CT molecular complexity index is 647. The Balaban J connectivity index is 2.05. The van der Waals surface area contributed by atoms with Gasteiger partial charge >= 0.3 is 5.97 Å². The number of carbonyl (C=O) groups is 2. The largest absolute Gasteiger partial charge is 0.497 e. The Kier molecular flexibility index (Phi) is 7.91. The third kappa shape index (κ3) is 6.13. The minimum Gasteiger partial charge on any atom is -0.497 e.